The normalized spacial score (nSPS) is 11.7. The Bertz CT molecular complexity index is 670. The van der Waals surface area contributed by atoms with Crippen LogP contribution >= 0.6 is 0 Å². The highest BCUT2D eigenvalue weighted by atomic mass is 16.5. The molecule has 2 aromatic carbocycles. The second kappa shape index (κ2) is 7.66. The summed E-state index contributed by atoms with van der Waals surface area (Å²) in [5, 5.41) is 9.46. The summed E-state index contributed by atoms with van der Waals surface area (Å²) in [6, 6.07) is 16.8. The minimum Gasteiger partial charge on any atom is -0.493 e. The van der Waals surface area contributed by atoms with Gasteiger partial charge in [0.15, 0.2) is 0 Å². The summed E-state index contributed by atoms with van der Waals surface area (Å²) in [7, 11) is 0. The Morgan fingerprint density at radius 1 is 1.05 bits per heavy atom. The quantitative estimate of drug-likeness (QED) is 0.696. The van der Waals surface area contributed by atoms with E-state index >= 15 is 0 Å². The van der Waals surface area contributed by atoms with Gasteiger partial charge in [-0.2, -0.15) is 5.26 Å². The molecule has 0 aliphatic heterocycles. The Morgan fingerprint density at radius 2 is 1.82 bits per heavy atom. The Labute approximate surface area is 133 Å². The average molecular weight is 293 g/mol. The van der Waals surface area contributed by atoms with Gasteiger partial charge in [0.25, 0.3) is 0 Å². The van der Waals surface area contributed by atoms with Gasteiger partial charge in [-0.3, -0.25) is 0 Å². The van der Waals surface area contributed by atoms with E-state index in [9.17, 15) is 5.26 Å². The summed E-state index contributed by atoms with van der Waals surface area (Å²) in [5.41, 5.74) is 4.70. The fourth-order valence-electron chi connectivity index (χ4n) is 2.61. The second-order valence-corrected chi connectivity index (χ2v) is 5.80. The van der Waals surface area contributed by atoms with E-state index in [4.69, 9.17) is 4.74 Å². The first-order chi connectivity index (χ1) is 10.6. The van der Waals surface area contributed by atoms with Gasteiger partial charge in [-0.15, -0.1) is 0 Å². The lowest BCUT2D eigenvalue weighted by molar-refractivity contribution is 0.303. The van der Waals surface area contributed by atoms with E-state index in [1.807, 2.05) is 31.2 Å². The lowest BCUT2D eigenvalue weighted by Gasteiger charge is -2.14. The molecule has 2 nitrogen and oxygen atoms in total. The third-order valence-corrected chi connectivity index (χ3v) is 3.95. The molecule has 0 bridgehead atoms. The topological polar surface area (TPSA) is 33.0 Å². The van der Waals surface area contributed by atoms with Crippen molar-refractivity contribution >= 4 is 0 Å². The Hall–Kier alpha value is -2.27. The first-order valence-electron chi connectivity index (χ1n) is 7.77. The fourth-order valence-corrected chi connectivity index (χ4v) is 2.61. The van der Waals surface area contributed by atoms with Crippen molar-refractivity contribution in [1.29, 1.82) is 5.26 Å². The van der Waals surface area contributed by atoms with Crippen LogP contribution in [-0.2, 0) is 0 Å². The molecule has 1 unspecified atom stereocenters. The predicted octanol–water partition coefficient (Wildman–Crippen LogP) is 5.08. The summed E-state index contributed by atoms with van der Waals surface area (Å²) in [6.07, 6.45) is 1.70. The lowest BCUT2D eigenvalue weighted by Crippen LogP contribution is -2.04. The zero-order chi connectivity index (χ0) is 15.9. The van der Waals surface area contributed by atoms with Gasteiger partial charge >= 0.3 is 0 Å². The van der Waals surface area contributed by atoms with Gasteiger partial charge in [0.1, 0.15) is 5.75 Å². The van der Waals surface area contributed by atoms with Gasteiger partial charge in [-0.25, -0.2) is 0 Å². The Kier molecular flexibility index (Phi) is 5.61. The molecule has 0 saturated carbocycles. The monoisotopic (exact) mass is 293 g/mol. The molecule has 0 heterocycles. The zero-order valence-corrected chi connectivity index (χ0v) is 13.6. The van der Waals surface area contributed by atoms with Crippen LogP contribution < -0.4 is 4.74 Å². The van der Waals surface area contributed by atoms with Gasteiger partial charge in [0.2, 0.25) is 0 Å². The van der Waals surface area contributed by atoms with Crippen molar-refractivity contribution < 1.29 is 4.74 Å². The minimum atomic E-state index is -0.0552. The van der Waals surface area contributed by atoms with Crippen molar-refractivity contribution in [1.82, 2.24) is 0 Å². The van der Waals surface area contributed by atoms with E-state index in [1.54, 1.807) is 0 Å². The number of nitriles is 1. The molecule has 0 spiro atoms. The third-order valence-electron chi connectivity index (χ3n) is 3.95. The van der Waals surface area contributed by atoms with Crippen LogP contribution in [-0.4, -0.2) is 6.61 Å². The zero-order valence-electron chi connectivity index (χ0n) is 13.6. The largest absolute Gasteiger partial charge is 0.493 e. The molecule has 1 atom stereocenters. The minimum absolute atomic E-state index is 0.0552. The molecular formula is C20H23NO. The fraction of sp³-hybridized carbons (Fsp3) is 0.350. The van der Waals surface area contributed by atoms with E-state index in [-0.39, 0.29) is 5.92 Å². The number of nitrogens with zero attached hydrogens (tertiary/aromatic N) is 1. The van der Waals surface area contributed by atoms with Crippen LogP contribution in [0.5, 0.6) is 5.75 Å². The second-order valence-electron chi connectivity index (χ2n) is 5.80. The van der Waals surface area contributed by atoms with E-state index in [0.717, 1.165) is 29.7 Å². The van der Waals surface area contributed by atoms with E-state index in [2.05, 4.69) is 38.1 Å². The molecule has 22 heavy (non-hydrogen) atoms. The average Bonchev–Trinajstić information content (AvgIpc) is 2.52. The van der Waals surface area contributed by atoms with Crippen molar-refractivity contribution in [3.8, 4) is 11.8 Å². The highest BCUT2D eigenvalue weighted by Crippen LogP contribution is 2.25. The lowest BCUT2D eigenvalue weighted by atomic mass is 9.91. The van der Waals surface area contributed by atoms with E-state index < -0.39 is 0 Å². The van der Waals surface area contributed by atoms with Crippen LogP contribution in [0.3, 0.4) is 0 Å². The molecular weight excluding hydrogens is 270 g/mol. The number of hydrogen-bond donors (Lipinski definition) is 0. The summed E-state index contributed by atoms with van der Waals surface area (Å²) in [6.45, 7) is 6.83. The van der Waals surface area contributed by atoms with Crippen LogP contribution in [0, 0.1) is 32.1 Å². The van der Waals surface area contributed by atoms with Gasteiger partial charge in [-0.05, 0) is 56.4 Å². The molecule has 0 fully saturated rings. The molecule has 0 aliphatic carbocycles. The van der Waals surface area contributed by atoms with Crippen molar-refractivity contribution in [3.63, 3.8) is 0 Å². The molecule has 2 rings (SSSR count). The van der Waals surface area contributed by atoms with Crippen molar-refractivity contribution in [3.05, 3.63) is 64.7 Å². The highest BCUT2D eigenvalue weighted by Gasteiger charge is 2.13. The van der Waals surface area contributed by atoms with E-state index in [0.29, 0.717) is 6.61 Å². The molecule has 0 N–H and O–H groups in total. The predicted molar refractivity (Wildman–Crippen MR) is 90.2 cm³/mol. The number of para-hydroxylation sites is 1. The Balaban J connectivity index is 1.91. The molecule has 2 aromatic rings. The summed E-state index contributed by atoms with van der Waals surface area (Å²) >= 11 is 0. The molecule has 2 heteroatoms. The van der Waals surface area contributed by atoms with Crippen LogP contribution in [0.1, 0.15) is 41.0 Å². The molecule has 0 radical (unpaired) electrons. The maximum absolute atomic E-state index is 9.46. The SMILES string of the molecule is Cc1ccc(C)c(C(C#N)CCCOc2ccccc2C)c1. The molecule has 114 valence electrons. The molecule has 0 aliphatic rings. The summed E-state index contributed by atoms with van der Waals surface area (Å²) in [4.78, 5) is 0. The standard InChI is InChI=1S/C20H23NO/c1-15-10-11-16(2)19(13-15)18(14-21)8-6-12-22-20-9-5-4-7-17(20)3/h4-5,7,9-11,13,18H,6,8,12H2,1-3H3. The number of ether oxygens (including phenoxy) is 1. The maximum atomic E-state index is 9.46. The molecule has 0 amide bonds. The van der Waals surface area contributed by atoms with Gasteiger partial charge in [0.05, 0.1) is 18.6 Å². The molecule has 0 saturated heterocycles. The smallest absolute Gasteiger partial charge is 0.122 e. The molecule has 0 aromatic heterocycles. The van der Waals surface area contributed by atoms with Gasteiger partial charge in [-0.1, -0.05) is 42.0 Å². The maximum Gasteiger partial charge on any atom is 0.122 e. The van der Waals surface area contributed by atoms with Gasteiger partial charge < -0.3 is 4.74 Å². The number of rotatable bonds is 6. The van der Waals surface area contributed by atoms with Crippen molar-refractivity contribution in [2.24, 2.45) is 0 Å². The number of hydrogen-bond acceptors (Lipinski definition) is 2. The third kappa shape index (κ3) is 4.11. The van der Waals surface area contributed by atoms with Crippen LogP contribution in [0.15, 0.2) is 42.5 Å². The van der Waals surface area contributed by atoms with Gasteiger partial charge in [0, 0.05) is 0 Å². The summed E-state index contributed by atoms with van der Waals surface area (Å²) < 4.78 is 5.81. The van der Waals surface area contributed by atoms with Crippen LogP contribution in [0.4, 0.5) is 0 Å². The highest BCUT2D eigenvalue weighted by molar-refractivity contribution is 5.36. The van der Waals surface area contributed by atoms with Crippen molar-refractivity contribution in [2.75, 3.05) is 6.61 Å². The summed E-state index contributed by atoms with van der Waals surface area (Å²) in [5.74, 6) is 0.878. The number of aryl methyl sites for hydroxylation is 3. The van der Waals surface area contributed by atoms with Crippen molar-refractivity contribution in [2.45, 2.75) is 39.5 Å². The van der Waals surface area contributed by atoms with Crippen LogP contribution in [0.25, 0.3) is 0 Å². The van der Waals surface area contributed by atoms with Crippen LogP contribution in [0.2, 0.25) is 0 Å². The Morgan fingerprint density at radius 3 is 2.55 bits per heavy atom. The first-order valence-corrected chi connectivity index (χ1v) is 7.77. The first kappa shape index (κ1) is 16.1. The number of benzene rings is 2. The van der Waals surface area contributed by atoms with E-state index in [1.165, 1.54) is 11.1 Å².